The first kappa shape index (κ1) is 14.9. The first-order valence-electron chi connectivity index (χ1n) is 6.72. The number of rotatable bonds is 3. The van der Waals surface area contributed by atoms with Gasteiger partial charge in [-0.25, -0.2) is 0 Å². The molecule has 0 aromatic heterocycles. The predicted octanol–water partition coefficient (Wildman–Crippen LogP) is 2.62. The van der Waals surface area contributed by atoms with Crippen LogP contribution < -0.4 is 13.1 Å². The average molecular weight is 360 g/mol. The van der Waals surface area contributed by atoms with E-state index in [0.717, 1.165) is 0 Å². The third-order valence-electron chi connectivity index (χ3n) is 3.28. The van der Waals surface area contributed by atoms with Gasteiger partial charge in [0.1, 0.15) is 0 Å². The fourth-order valence-corrected chi connectivity index (χ4v) is 7.22. The van der Waals surface area contributed by atoms with Crippen molar-refractivity contribution in [2.45, 2.75) is 0 Å². The molecule has 0 amide bonds. The van der Waals surface area contributed by atoms with Gasteiger partial charge in [0.2, 0.25) is 0 Å². The first-order chi connectivity index (χ1) is 10.7. The van der Waals surface area contributed by atoms with Crippen molar-refractivity contribution in [3.63, 3.8) is 0 Å². The molecule has 0 nitrogen and oxygen atoms in total. The van der Waals surface area contributed by atoms with Crippen molar-refractivity contribution in [3.8, 4) is 0 Å². The van der Waals surface area contributed by atoms with Crippen LogP contribution in [0.1, 0.15) is 0 Å². The molecule has 0 aliphatic rings. The Morgan fingerprint density at radius 3 is 1.00 bits per heavy atom. The van der Waals surface area contributed by atoms with Gasteiger partial charge < -0.3 is 0 Å². The molecule has 0 aliphatic heterocycles. The van der Waals surface area contributed by atoms with Crippen LogP contribution in [0.15, 0.2) is 72.8 Å². The van der Waals surface area contributed by atoms with Gasteiger partial charge in [-0.3, -0.25) is 0 Å². The Morgan fingerprint density at radius 2 is 0.727 bits per heavy atom. The summed E-state index contributed by atoms with van der Waals surface area (Å²) in [5, 5.41) is 0. The molecule has 0 bridgehead atoms. The molecule has 110 valence electrons. The van der Waals surface area contributed by atoms with Crippen molar-refractivity contribution in [3.05, 3.63) is 90.2 Å². The van der Waals surface area contributed by atoms with Crippen molar-refractivity contribution < 1.29 is 13.2 Å². The Morgan fingerprint density at radius 1 is 0.455 bits per heavy atom. The zero-order chi connectivity index (χ0) is 15.5. The molecule has 3 aromatic carbocycles. The molecule has 3 aromatic rings. The Hall–Kier alpha value is -1.99. The van der Waals surface area contributed by atoms with Gasteiger partial charge in [0.25, 0.3) is 0 Å². The Bertz CT molecular complexity index is 693. The third-order valence-corrected chi connectivity index (χ3v) is 8.60. The molecule has 0 N–H and O–H groups in total. The molecule has 0 radical (unpaired) electrons. The Labute approximate surface area is 131 Å². The summed E-state index contributed by atoms with van der Waals surface area (Å²) >= 11 is -2.64. The van der Waals surface area contributed by atoms with E-state index in [9.17, 15) is 13.2 Å². The minimum atomic E-state index is -2.64. The molecule has 0 fully saturated rings. The van der Waals surface area contributed by atoms with Crippen molar-refractivity contribution in [2.75, 3.05) is 0 Å². The molecule has 3 rings (SSSR count). The Kier molecular flexibility index (Phi) is 4.35. The normalized spacial score (nSPS) is 10.9. The van der Waals surface area contributed by atoms with Crippen LogP contribution in [0.2, 0.25) is 0 Å². The number of benzene rings is 3. The second-order valence-corrected chi connectivity index (χ2v) is 9.13. The van der Waals surface area contributed by atoms with E-state index in [0.29, 0.717) is 13.1 Å². The third kappa shape index (κ3) is 2.82. The van der Waals surface area contributed by atoms with Gasteiger partial charge in [0.05, 0.1) is 0 Å². The van der Waals surface area contributed by atoms with Crippen LogP contribution >= 0.6 is 0 Å². The van der Waals surface area contributed by atoms with Gasteiger partial charge >= 0.3 is 131 Å². The van der Waals surface area contributed by atoms with Crippen LogP contribution in [0, 0.1) is 17.5 Å². The van der Waals surface area contributed by atoms with E-state index in [2.05, 4.69) is 0 Å². The molecule has 0 aliphatic carbocycles. The quantitative estimate of drug-likeness (QED) is 0.630. The van der Waals surface area contributed by atoms with E-state index in [-0.39, 0.29) is 0 Å². The zero-order valence-corrected chi connectivity index (χ0v) is 13.4. The standard InChI is InChI=1S/C18H12AsF3/c20-16-10-4-1-7-13(16)19(14-8-2-5-11-17(14)21)15-9-3-6-12-18(15)22/h1-12H. The van der Waals surface area contributed by atoms with E-state index < -0.39 is 32.1 Å². The predicted molar refractivity (Wildman–Crippen MR) is 83.9 cm³/mol. The average Bonchev–Trinajstić information content (AvgIpc) is 2.53. The molecule has 22 heavy (non-hydrogen) atoms. The molecule has 0 spiro atoms. The molecular formula is C18H12AsF3. The summed E-state index contributed by atoms with van der Waals surface area (Å²) in [6.07, 6.45) is 0. The topological polar surface area (TPSA) is 0 Å². The number of halogens is 3. The summed E-state index contributed by atoms with van der Waals surface area (Å²) < 4.78 is 44.0. The summed E-state index contributed by atoms with van der Waals surface area (Å²) in [5.41, 5.74) is 0. The van der Waals surface area contributed by atoms with Gasteiger partial charge in [-0.2, -0.15) is 0 Å². The minimum absolute atomic E-state index is 0.394. The van der Waals surface area contributed by atoms with Gasteiger partial charge in [-0.15, -0.1) is 0 Å². The fraction of sp³-hybridized carbons (Fsp3) is 0. The molecule has 0 heterocycles. The first-order valence-corrected chi connectivity index (χ1v) is 9.53. The number of hydrogen-bond acceptors (Lipinski definition) is 0. The van der Waals surface area contributed by atoms with Gasteiger partial charge in [-0.1, -0.05) is 0 Å². The molecule has 4 heteroatoms. The van der Waals surface area contributed by atoms with Gasteiger partial charge in [-0.05, 0) is 0 Å². The van der Waals surface area contributed by atoms with Crippen LogP contribution in [0.4, 0.5) is 13.2 Å². The van der Waals surface area contributed by atoms with E-state index in [4.69, 9.17) is 0 Å². The monoisotopic (exact) mass is 360 g/mol. The fourth-order valence-electron chi connectivity index (χ4n) is 2.29. The van der Waals surface area contributed by atoms with Crippen molar-refractivity contribution in [1.29, 1.82) is 0 Å². The van der Waals surface area contributed by atoms with Crippen LogP contribution in [0.5, 0.6) is 0 Å². The molecular weight excluding hydrogens is 348 g/mol. The molecule has 0 atom stereocenters. The summed E-state index contributed by atoms with van der Waals surface area (Å²) in [7, 11) is 0. The molecule has 0 saturated carbocycles. The van der Waals surface area contributed by atoms with E-state index in [1.165, 1.54) is 18.2 Å². The summed E-state index contributed by atoms with van der Waals surface area (Å²) in [4.78, 5) is 0. The molecule has 0 unspecified atom stereocenters. The van der Waals surface area contributed by atoms with Crippen LogP contribution in [0.25, 0.3) is 0 Å². The second-order valence-electron chi connectivity index (χ2n) is 4.69. The van der Waals surface area contributed by atoms with E-state index in [1.54, 1.807) is 54.6 Å². The summed E-state index contributed by atoms with van der Waals surface area (Å²) in [6.45, 7) is 0. The van der Waals surface area contributed by atoms with Gasteiger partial charge in [0, 0.05) is 0 Å². The van der Waals surface area contributed by atoms with Crippen LogP contribution in [0.3, 0.4) is 0 Å². The maximum atomic E-state index is 14.3. The SMILES string of the molecule is Fc1ccccc1[As](c1ccccc1F)c1ccccc1F. The van der Waals surface area contributed by atoms with Crippen molar-refractivity contribution >= 4 is 27.7 Å². The Balaban J connectivity index is 2.27. The number of hydrogen-bond donors (Lipinski definition) is 0. The van der Waals surface area contributed by atoms with Crippen LogP contribution in [-0.2, 0) is 0 Å². The summed E-state index contributed by atoms with van der Waals surface area (Å²) in [6, 6.07) is 18.7. The maximum absolute atomic E-state index is 14.3. The van der Waals surface area contributed by atoms with E-state index >= 15 is 0 Å². The zero-order valence-electron chi connectivity index (χ0n) is 11.5. The van der Waals surface area contributed by atoms with Crippen molar-refractivity contribution in [2.24, 2.45) is 0 Å². The van der Waals surface area contributed by atoms with Crippen molar-refractivity contribution in [1.82, 2.24) is 0 Å². The van der Waals surface area contributed by atoms with Gasteiger partial charge in [0.15, 0.2) is 0 Å². The second kappa shape index (κ2) is 6.41. The van der Waals surface area contributed by atoms with E-state index in [1.807, 2.05) is 0 Å². The van der Waals surface area contributed by atoms with Crippen LogP contribution in [-0.4, -0.2) is 14.7 Å². The summed E-state index contributed by atoms with van der Waals surface area (Å²) in [5.74, 6) is -1.27. The molecule has 0 saturated heterocycles.